The number of carbonyl (C=O) groups excluding carboxylic acids is 1. The van der Waals surface area contributed by atoms with Gasteiger partial charge in [0.2, 0.25) is 0 Å². The molecule has 3 N–H and O–H groups in total. The maximum absolute atomic E-state index is 13.2. The van der Waals surface area contributed by atoms with Gasteiger partial charge in [0.15, 0.2) is 0 Å². The lowest BCUT2D eigenvalue weighted by atomic mass is 9.66. The molecule has 122 valence electrons. The third-order valence-corrected chi connectivity index (χ3v) is 4.43. The second-order valence-electron chi connectivity index (χ2n) is 6.04. The number of H-pyrrole nitrogens is 2. The fourth-order valence-corrected chi connectivity index (χ4v) is 3.41. The zero-order chi connectivity index (χ0) is 16.8. The van der Waals surface area contributed by atoms with Crippen molar-refractivity contribution >= 4 is 5.97 Å². The Balaban J connectivity index is 2.24. The van der Waals surface area contributed by atoms with E-state index in [9.17, 15) is 19.1 Å². The molecule has 3 rings (SSSR count). The van der Waals surface area contributed by atoms with E-state index in [0.717, 1.165) is 0 Å². The van der Waals surface area contributed by atoms with Gasteiger partial charge in [-0.05, 0) is 24.6 Å². The minimum atomic E-state index is -1.41. The number of aliphatic hydroxyl groups is 1. The summed E-state index contributed by atoms with van der Waals surface area (Å²) in [4.78, 5) is 24.5. The molecule has 0 saturated carbocycles. The van der Waals surface area contributed by atoms with Crippen molar-refractivity contribution in [3.63, 3.8) is 0 Å². The Labute approximate surface area is 131 Å². The fraction of sp³-hybridized carbons (Fsp3) is 0.375. The number of methoxy groups -OCH3 is 1. The Hall–Kier alpha value is -2.41. The molecule has 1 aromatic heterocycles. The first-order valence-electron chi connectivity index (χ1n) is 7.20. The lowest BCUT2D eigenvalue weighted by Gasteiger charge is -2.40. The second kappa shape index (κ2) is 5.34. The molecule has 0 unspecified atom stereocenters. The van der Waals surface area contributed by atoms with Crippen LogP contribution in [0, 0.1) is 11.7 Å². The third kappa shape index (κ3) is 2.46. The van der Waals surface area contributed by atoms with Gasteiger partial charge in [0.05, 0.1) is 18.6 Å². The fourth-order valence-electron chi connectivity index (χ4n) is 3.41. The summed E-state index contributed by atoms with van der Waals surface area (Å²) in [6, 6.07) is 5.53. The molecule has 1 aliphatic rings. The highest BCUT2D eigenvalue weighted by molar-refractivity contribution is 5.77. The Kier molecular flexibility index (Phi) is 3.60. The molecule has 3 atom stereocenters. The highest BCUT2D eigenvalue weighted by Gasteiger charge is 2.51. The predicted octanol–water partition coefficient (Wildman–Crippen LogP) is 1.07. The molecule has 6 nitrogen and oxygen atoms in total. The van der Waals surface area contributed by atoms with Crippen molar-refractivity contribution < 1.29 is 19.0 Å². The predicted molar refractivity (Wildman–Crippen MR) is 79.5 cm³/mol. The summed E-state index contributed by atoms with van der Waals surface area (Å²) in [5.41, 5.74) is -0.301. The van der Waals surface area contributed by atoms with Crippen LogP contribution >= 0.6 is 0 Å². The van der Waals surface area contributed by atoms with Crippen molar-refractivity contribution in [2.75, 3.05) is 7.11 Å². The first-order valence-corrected chi connectivity index (χ1v) is 7.20. The van der Waals surface area contributed by atoms with Crippen LogP contribution in [-0.4, -0.2) is 34.0 Å². The summed E-state index contributed by atoms with van der Waals surface area (Å²) in [7, 11) is 1.23. The number of rotatable bonds is 2. The summed E-state index contributed by atoms with van der Waals surface area (Å²) in [5, 5.41) is 16.0. The number of aromatic nitrogens is 2. The Bertz CT molecular complexity index is 791. The number of benzene rings is 1. The zero-order valence-corrected chi connectivity index (χ0v) is 12.7. The van der Waals surface area contributed by atoms with Crippen LogP contribution < -0.4 is 5.56 Å². The topological polar surface area (TPSA) is 95.2 Å². The van der Waals surface area contributed by atoms with Gasteiger partial charge in [-0.25, -0.2) is 4.39 Å². The van der Waals surface area contributed by atoms with Crippen molar-refractivity contribution in [1.82, 2.24) is 10.2 Å². The first kappa shape index (κ1) is 15.5. The van der Waals surface area contributed by atoms with E-state index in [4.69, 9.17) is 4.74 Å². The van der Waals surface area contributed by atoms with E-state index in [2.05, 4.69) is 10.2 Å². The quantitative estimate of drug-likeness (QED) is 0.721. The lowest BCUT2D eigenvalue weighted by Crippen LogP contribution is -2.49. The number of aromatic amines is 2. The Morgan fingerprint density at radius 2 is 2.00 bits per heavy atom. The van der Waals surface area contributed by atoms with Gasteiger partial charge in [-0.15, -0.1) is 0 Å². The summed E-state index contributed by atoms with van der Waals surface area (Å²) in [6.07, 6.45) is 0.110. The SMILES string of the molecule is COC(=O)[C@H]1[C@@H](c2ccc(F)cc2)c2c([nH][nH]c2=O)C[C@]1(C)O. The number of ether oxygens (including phenoxy) is 1. The first-order chi connectivity index (χ1) is 10.8. The van der Waals surface area contributed by atoms with E-state index < -0.39 is 29.2 Å². The zero-order valence-electron chi connectivity index (χ0n) is 12.7. The van der Waals surface area contributed by atoms with Crippen LogP contribution in [0.5, 0.6) is 0 Å². The second-order valence-corrected chi connectivity index (χ2v) is 6.04. The van der Waals surface area contributed by atoms with Crippen molar-refractivity contribution in [1.29, 1.82) is 0 Å². The van der Waals surface area contributed by atoms with Gasteiger partial charge < -0.3 is 14.9 Å². The van der Waals surface area contributed by atoms with Gasteiger partial charge in [0, 0.05) is 23.6 Å². The maximum Gasteiger partial charge on any atom is 0.312 e. The molecule has 0 spiro atoms. The van der Waals surface area contributed by atoms with Crippen LogP contribution in [0.4, 0.5) is 4.39 Å². The van der Waals surface area contributed by atoms with Crippen LogP contribution in [0.2, 0.25) is 0 Å². The molecule has 7 heteroatoms. The van der Waals surface area contributed by atoms with Gasteiger partial charge >= 0.3 is 5.97 Å². The van der Waals surface area contributed by atoms with Crippen LogP contribution in [0.1, 0.15) is 29.7 Å². The van der Waals surface area contributed by atoms with E-state index in [1.54, 1.807) is 0 Å². The molecule has 0 radical (unpaired) electrons. The highest BCUT2D eigenvalue weighted by Crippen LogP contribution is 2.44. The van der Waals surface area contributed by atoms with Crippen LogP contribution in [0.25, 0.3) is 0 Å². The highest BCUT2D eigenvalue weighted by atomic mass is 19.1. The molecule has 0 bridgehead atoms. The van der Waals surface area contributed by atoms with Crippen LogP contribution in [0.3, 0.4) is 0 Å². The molecule has 2 aromatic rings. The van der Waals surface area contributed by atoms with Crippen molar-refractivity contribution in [3.8, 4) is 0 Å². The van der Waals surface area contributed by atoms with E-state index in [-0.39, 0.29) is 12.0 Å². The van der Waals surface area contributed by atoms with Crippen LogP contribution in [-0.2, 0) is 16.0 Å². The smallest absolute Gasteiger partial charge is 0.312 e. The van der Waals surface area contributed by atoms with E-state index in [1.165, 1.54) is 38.3 Å². The van der Waals surface area contributed by atoms with Crippen molar-refractivity contribution in [2.45, 2.75) is 24.9 Å². The molecule has 0 amide bonds. The summed E-state index contributed by atoms with van der Waals surface area (Å²) >= 11 is 0. The van der Waals surface area contributed by atoms with E-state index in [0.29, 0.717) is 16.8 Å². The monoisotopic (exact) mass is 320 g/mol. The lowest BCUT2D eigenvalue weighted by molar-refractivity contribution is -0.156. The van der Waals surface area contributed by atoms with Gasteiger partial charge in [-0.3, -0.25) is 14.7 Å². The van der Waals surface area contributed by atoms with E-state index >= 15 is 0 Å². The minimum Gasteiger partial charge on any atom is -0.469 e. The minimum absolute atomic E-state index is 0.110. The summed E-state index contributed by atoms with van der Waals surface area (Å²) in [6.45, 7) is 1.53. The molecule has 23 heavy (non-hydrogen) atoms. The third-order valence-electron chi connectivity index (χ3n) is 4.43. The van der Waals surface area contributed by atoms with Crippen molar-refractivity contribution in [2.24, 2.45) is 5.92 Å². The number of hydrogen-bond donors (Lipinski definition) is 3. The molecule has 1 aromatic carbocycles. The molecule has 0 fully saturated rings. The molecule has 1 heterocycles. The number of fused-ring (bicyclic) bond motifs is 1. The maximum atomic E-state index is 13.2. The molecule has 0 aliphatic heterocycles. The standard InChI is InChI=1S/C16H17FN2O4/c1-16(22)7-10-12(14(20)19-18-10)11(13(16)15(21)23-2)8-3-5-9(17)6-4-8/h3-6,11,13,22H,7H2,1-2H3,(H2,18,19,20)/t11-,13+,16-/m0/s1. The Morgan fingerprint density at radius 3 is 2.61 bits per heavy atom. The van der Waals surface area contributed by atoms with Gasteiger partial charge in [0.25, 0.3) is 5.56 Å². The van der Waals surface area contributed by atoms with Gasteiger partial charge in [0.1, 0.15) is 5.82 Å². The largest absolute Gasteiger partial charge is 0.469 e. The summed E-state index contributed by atoms with van der Waals surface area (Å²) in [5.74, 6) is -2.73. The molecule has 1 aliphatic carbocycles. The van der Waals surface area contributed by atoms with Gasteiger partial charge in [-0.2, -0.15) is 0 Å². The van der Waals surface area contributed by atoms with E-state index in [1.807, 2.05) is 0 Å². The number of esters is 1. The Morgan fingerprint density at radius 1 is 1.35 bits per heavy atom. The van der Waals surface area contributed by atoms with Crippen LogP contribution in [0.15, 0.2) is 29.1 Å². The van der Waals surface area contributed by atoms with Crippen molar-refractivity contribution in [3.05, 3.63) is 57.3 Å². The average molecular weight is 320 g/mol. The average Bonchev–Trinajstić information content (AvgIpc) is 2.85. The molecular weight excluding hydrogens is 303 g/mol. The number of hydrogen-bond acceptors (Lipinski definition) is 4. The number of nitrogens with one attached hydrogen (secondary N) is 2. The molecule has 0 saturated heterocycles. The number of carbonyl (C=O) groups is 1. The molecular formula is C16H17FN2O4. The normalized spacial score (nSPS) is 26.6. The number of halogens is 1. The summed E-state index contributed by atoms with van der Waals surface area (Å²) < 4.78 is 18.1. The van der Waals surface area contributed by atoms with Gasteiger partial charge in [-0.1, -0.05) is 12.1 Å².